The maximum absolute atomic E-state index is 14.8. The Morgan fingerprint density at radius 1 is 1.19 bits per heavy atom. The number of sulfonamides is 1. The summed E-state index contributed by atoms with van der Waals surface area (Å²) in [6.45, 7) is 0.347. The van der Waals surface area contributed by atoms with Crippen LogP contribution in [0.25, 0.3) is 21.9 Å². The van der Waals surface area contributed by atoms with Crippen LogP contribution in [0, 0.1) is 5.82 Å². The van der Waals surface area contributed by atoms with Crippen LogP contribution in [0.2, 0.25) is 0 Å². The van der Waals surface area contributed by atoms with Crippen LogP contribution in [0.1, 0.15) is 5.56 Å². The second kappa shape index (κ2) is 6.33. The Morgan fingerprint density at radius 2 is 1.93 bits per heavy atom. The first-order valence-electron chi connectivity index (χ1n) is 8.10. The molecule has 0 bridgehead atoms. The largest absolute Gasteiger partial charge is 0.497 e. The van der Waals surface area contributed by atoms with Gasteiger partial charge in [-0.1, -0.05) is 12.1 Å². The van der Waals surface area contributed by atoms with Gasteiger partial charge >= 0.3 is 0 Å². The Labute approximate surface area is 155 Å². The Kier molecular flexibility index (Phi) is 4.09. The third kappa shape index (κ3) is 3.02. The second-order valence-electron chi connectivity index (χ2n) is 6.15. The van der Waals surface area contributed by atoms with Crippen molar-refractivity contribution in [2.24, 2.45) is 5.14 Å². The topological polar surface area (TPSA) is 87.2 Å². The summed E-state index contributed by atoms with van der Waals surface area (Å²) in [7, 11) is -2.27. The van der Waals surface area contributed by atoms with E-state index in [1.54, 1.807) is 30.5 Å². The van der Waals surface area contributed by atoms with E-state index in [1.165, 1.54) is 25.3 Å². The average molecular weight is 385 g/mol. The lowest BCUT2D eigenvalue weighted by molar-refractivity contribution is 0.412. The van der Waals surface area contributed by atoms with Crippen molar-refractivity contribution in [1.29, 1.82) is 0 Å². The first-order valence-corrected chi connectivity index (χ1v) is 9.65. The quantitative estimate of drug-likeness (QED) is 0.585. The van der Waals surface area contributed by atoms with Gasteiger partial charge in [0.2, 0.25) is 10.0 Å². The van der Waals surface area contributed by atoms with Gasteiger partial charge in [0.1, 0.15) is 5.75 Å². The summed E-state index contributed by atoms with van der Waals surface area (Å²) >= 11 is 0. The molecule has 0 amide bonds. The van der Waals surface area contributed by atoms with E-state index in [4.69, 9.17) is 9.88 Å². The second-order valence-corrected chi connectivity index (χ2v) is 7.71. The molecule has 0 aliphatic rings. The predicted molar refractivity (Wildman–Crippen MR) is 101 cm³/mol. The van der Waals surface area contributed by atoms with E-state index < -0.39 is 15.8 Å². The molecule has 0 saturated heterocycles. The lowest BCUT2D eigenvalue weighted by atomic mass is 10.2. The normalized spacial score (nSPS) is 12.0. The summed E-state index contributed by atoms with van der Waals surface area (Å²) in [5.74, 6) is 0.00529. The maximum atomic E-state index is 14.8. The van der Waals surface area contributed by atoms with Gasteiger partial charge in [-0.25, -0.2) is 17.9 Å². The van der Waals surface area contributed by atoms with Crippen molar-refractivity contribution in [2.75, 3.05) is 7.11 Å². The Hall–Kier alpha value is -2.97. The van der Waals surface area contributed by atoms with Crippen LogP contribution in [0.5, 0.6) is 5.75 Å². The molecule has 2 aromatic carbocycles. The summed E-state index contributed by atoms with van der Waals surface area (Å²) in [6.07, 6.45) is 1.66. The number of halogens is 1. The minimum absolute atomic E-state index is 0.0334. The first-order chi connectivity index (χ1) is 12.9. The molecule has 2 heterocycles. The van der Waals surface area contributed by atoms with Crippen molar-refractivity contribution < 1.29 is 17.5 Å². The van der Waals surface area contributed by atoms with Gasteiger partial charge in [-0.15, -0.1) is 0 Å². The summed E-state index contributed by atoms with van der Waals surface area (Å²) in [5, 5.41) is 5.79. The highest BCUT2D eigenvalue weighted by atomic mass is 32.2. The van der Waals surface area contributed by atoms with E-state index in [0.717, 1.165) is 11.1 Å². The molecule has 0 fully saturated rings. The van der Waals surface area contributed by atoms with Crippen LogP contribution in [-0.4, -0.2) is 25.1 Å². The number of nitrogens with two attached hydrogens (primary N) is 1. The molecule has 27 heavy (non-hydrogen) atoms. The van der Waals surface area contributed by atoms with Gasteiger partial charge in [-0.3, -0.25) is 4.98 Å². The standard InChI is InChI=1S/C19H16FN3O3S/c1-26-13-9-15-18-17(3-2-8-22-18)23(19(15)16(20)10-13)11-12-4-6-14(7-5-12)27(21,24)25/h2-10H,11H2,1H3,(H2,21,24,25). The number of benzene rings is 2. The molecule has 4 aromatic rings. The fourth-order valence-electron chi connectivity index (χ4n) is 3.22. The number of methoxy groups -OCH3 is 1. The Balaban J connectivity index is 1.90. The Morgan fingerprint density at radius 3 is 2.59 bits per heavy atom. The van der Waals surface area contributed by atoms with Gasteiger partial charge in [-0.2, -0.15) is 0 Å². The van der Waals surface area contributed by atoms with E-state index in [2.05, 4.69) is 4.98 Å². The van der Waals surface area contributed by atoms with E-state index in [1.807, 2.05) is 10.6 Å². The van der Waals surface area contributed by atoms with E-state index in [9.17, 15) is 12.8 Å². The van der Waals surface area contributed by atoms with Crippen molar-refractivity contribution in [3.05, 3.63) is 66.1 Å². The molecular weight excluding hydrogens is 369 g/mol. The number of aromatic nitrogens is 2. The van der Waals surface area contributed by atoms with Gasteiger partial charge < -0.3 is 9.30 Å². The summed E-state index contributed by atoms with van der Waals surface area (Å²) < 4.78 is 44.7. The zero-order chi connectivity index (χ0) is 19.2. The van der Waals surface area contributed by atoms with E-state index in [-0.39, 0.29) is 4.90 Å². The number of ether oxygens (including phenoxy) is 1. The van der Waals surface area contributed by atoms with Crippen LogP contribution in [-0.2, 0) is 16.6 Å². The third-order valence-corrected chi connectivity index (χ3v) is 5.40. The summed E-state index contributed by atoms with van der Waals surface area (Å²) in [4.78, 5) is 4.43. The van der Waals surface area contributed by atoms with E-state index >= 15 is 0 Å². The lowest BCUT2D eigenvalue weighted by Gasteiger charge is -2.09. The van der Waals surface area contributed by atoms with Gasteiger partial charge in [0.05, 0.1) is 28.6 Å². The molecule has 2 aromatic heterocycles. The number of fused-ring (bicyclic) bond motifs is 3. The summed E-state index contributed by atoms with van der Waals surface area (Å²) in [5.41, 5.74) is 2.67. The molecule has 138 valence electrons. The first kappa shape index (κ1) is 17.4. The minimum atomic E-state index is -3.76. The number of primary sulfonamides is 1. The van der Waals surface area contributed by atoms with Gasteiger partial charge in [0.25, 0.3) is 0 Å². The van der Waals surface area contributed by atoms with Crippen molar-refractivity contribution in [3.63, 3.8) is 0 Å². The number of hydrogen-bond donors (Lipinski definition) is 1. The fourth-order valence-corrected chi connectivity index (χ4v) is 3.74. The predicted octanol–water partition coefficient (Wildman–Crippen LogP) is 3.03. The van der Waals surface area contributed by atoms with Gasteiger partial charge in [-0.05, 0) is 35.9 Å². The monoisotopic (exact) mass is 385 g/mol. The summed E-state index contributed by atoms with van der Waals surface area (Å²) in [6, 6.07) is 13.0. The lowest BCUT2D eigenvalue weighted by Crippen LogP contribution is -2.12. The van der Waals surface area contributed by atoms with Crippen LogP contribution in [0.15, 0.2) is 59.6 Å². The zero-order valence-electron chi connectivity index (χ0n) is 14.4. The Bertz CT molecular complexity index is 1270. The van der Waals surface area contributed by atoms with Crippen molar-refractivity contribution in [2.45, 2.75) is 11.4 Å². The van der Waals surface area contributed by atoms with Crippen molar-refractivity contribution in [1.82, 2.24) is 9.55 Å². The molecule has 0 saturated carbocycles. The fraction of sp³-hybridized carbons (Fsp3) is 0.105. The van der Waals surface area contributed by atoms with Crippen LogP contribution in [0.4, 0.5) is 4.39 Å². The SMILES string of the molecule is COc1cc(F)c2c(c1)c1ncccc1n2Cc1ccc(S(N)(=O)=O)cc1. The third-order valence-electron chi connectivity index (χ3n) is 4.47. The van der Waals surface area contributed by atoms with Crippen LogP contribution >= 0.6 is 0 Å². The van der Waals surface area contributed by atoms with Crippen molar-refractivity contribution in [3.8, 4) is 5.75 Å². The molecule has 0 radical (unpaired) electrons. The van der Waals surface area contributed by atoms with E-state index in [0.29, 0.717) is 28.7 Å². The highest BCUT2D eigenvalue weighted by molar-refractivity contribution is 7.89. The van der Waals surface area contributed by atoms with Crippen LogP contribution in [0.3, 0.4) is 0 Å². The molecule has 0 unspecified atom stereocenters. The molecule has 0 aliphatic heterocycles. The number of hydrogen-bond acceptors (Lipinski definition) is 4. The molecule has 0 spiro atoms. The molecule has 6 nitrogen and oxygen atoms in total. The van der Waals surface area contributed by atoms with Gasteiger partial charge in [0, 0.05) is 24.2 Å². The average Bonchev–Trinajstić information content (AvgIpc) is 2.96. The zero-order valence-corrected chi connectivity index (χ0v) is 15.2. The minimum Gasteiger partial charge on any atom is -0.497 e. The maximum Gasteiger partial charge on any atom is 0.238 e. The van der Waals surface area contributed by atoms with Crippen LogP contribution < -0.4 is 9.88 Å². The van der Waals surface area contributed by atoms with Crippen molar-refractivity contribution >= 4 is 32.0 Å². The smallest absolute Gasteiger partial charge is 0.238 e. The number of pyridine rings is 1. The molecule has 2 N–H and O–H groups in total. The number of rotatable bonds is 4. The molecule has 0 aliphatic carbocycles. The molecule has 8 heteroatoms. The molecule has 0 atom stereocenters. The molecular formula is C19H16FN3O3S. The van der Waals surface area contributed by atoms with Gasteiger partial charge in [0.15, 0.2) is 5.82 Å². The molecule has 4 rings (SSSR count). The highest BCUT2D eigenvalue weighted by Crippen LogP contribution is 2.33. The number of nitrogens with zero attached hydrogens (tertiary/aromatic N) is 2. The highest BCUT2D eigenvalue weighted by Gasteiger charge is 2.17.